The third kappa shape index (κ3) is 3.42. The molecule has 0 saturated carbocycles. The Morgan fingerprint density at radius 3 is 3.00 bits per heavy atom. The third-order valence-corrected chi connectivity index (χ3v) is 3.26. The van der Waals surface area contributed by atoms with Gasteiger partial charge < -0.3 is 9.84 Å². The Morgan fingerprint density at radius 1 is 1.53 bits per heavy atom. The number of rotatable bonds is 5. The van der Waals surface area contributed by atoms with Crippen molar-refractivity contribution in [3.05, 3.63) is 34.6 Å². The van der Waals surface area contributed by atoms with Crippen LogP contribution in [0.15, 0.2) is 18.2 Å². The molecule has 0 spiro atoms. The second kappa shape index (κ2) is 5.99. The van der Waals surface area contributed by atoms with Gasteiger partial charge in [-0.15, -0.1) is 0 Å². The van der Waals surface area contributed by atoms with Crippen molar-refractivity contribution in [1.82, 2.24) is 9.36 Å². The molecule has 1 heterocycles. The van der Waals surface area contributed by atoms with Gasteiger partial charge in [0, 0.05) is 18.0 Å². The summed E-state index contributed by atoms with van der Waals surface area (Å²) in [6, 6.07) is 4.44. The van der Waals surface area contributed by atoms with E-state index in [1.165, 1.54) is 12.1 Å². The number of carbonyl (C=O) groups is 1. The summed E-state index contributed by atoms with van der Waals surface area (Å²) in [7, 11) is 0. The SMILES string of the molecule is CCCc1nsc(Oc2ccc(Cl)c(C(=O)O)c2)n1. The molecule has 5 nitrogen and oxygen atoms in total. The van der Waals surface area contributed by atoms with Gasteiger partial charge in [-0.3, -0.25) is 0 Å². The first-order chi connectivity index (χ1) is 9.10. The van der Waals surface area contributed by atoms with Crippen molar-refractivity contribution in [2.45, 2.75) is 19.8 Å². The number of nitrogens with zero attached hydrogens (tertiary/aromatic N) is 2. The van der Waals surface area contributed by atoms with Crippen molar-refractivity contribution >= 4 is 29.1 Å². The number of aromatic nitrogens is 2. The Hall–Kier alpha value is -1.66. The molecule has 0 unspecified atom stereocenters. The molecule has 7 heteroatoms. The number of ether oxygens (including phenoxy) is 1. The summed E-state index contributed by atoms with van der Waals surface area (Å²) in [5.41, 5.74) is -0.00235. The summed E-state index contributed by atoms with van der Waals surface area (Å²) < 4.78 is 9.61. The number of hydrogen-bond acceptors (Lipinski definition) is 5. The zero-order valence-electron chi connectivity index (χ0n) is 10.1. The van der Waals surface area contributed by atoms with Gasteiger partial charge in [0.25, 0.3) is 5.19 Å². The summed E-state index contributed by atoms with van der Waals surface area (Å²) in [5, 5.41) is 9.53. The molecule has 2 rings (SSSR count). The number of carboxylic acids is 1. The van der Waals surface area contributed by atoms with Crippen LogP contribution in [0.2, 0.25) is 5.02 Å². The Morgan fingerprint density at radius 2 is 2.32 bits per heavy atom. The van der Waals surface area contributed by atoms with Crippen LogP contribution in [-0.2, 0) is 6.42 Å². The molecule has 19 heavy (non-hydrogen) atoms. The topological polar surface area (TPSA) is 72.3 Å². The molecular weight excluding hydrogens is 288 g/mol. The van der Waals surface area contributed by atoms with Gasteiger partial charge in [0.15, 0.2) is 0 Å². The zero-order chi connectivity index (χ0) is 13.8. The van der Waals surface area contributed by atoms with E-state index in [1.54, 1.807) is 6.07 Å². The Kier molecular flexibility index (Phi) is 4.34. The van der Waals surface area contributed by atoms with Gasteiger partial charge in [0.1, 0.15) is 11.6 Å². The van der Waals surface area contributed by atoms with Crippen LogP contribution < -0.4 is 4.74 Å². The van der Waals surface area contributed by atoms with Crippen LogP contribution in [0.3, 0.4) is 0 Å². The van der Waals surface area contributed by atoms with Gasteiger partial charge in [-0.25, -0.2) is 4.79 Å². The van der Waals surface area contributed by atoms with Crippen LogP contribution in [-0.4, -0.2) is 20.4 Å². The van der Waals surface area contributed by atoms with Gasteiger partial charge >= 0.3 is 5.97 Å². The molecule has 1 aromatic carbocycles. The molecule has 0 bridgehead atoms. The lowest BCUT2D eigenvalue weighted by Crippen LogP contribution is -1.97. The molecule has 0 aliphatic rings. The second-order valence-electron chi connectivity index (χ2n) is 3.78. The summed E-state index contributed by atoms with van der Waals surface area (Å²) >= 11 is 6.92. The Balaban J connectivity index is 2.18. The minimum atomic E-state index is -1.10. The van der Waals surface area contributed by atoms with E-state index >= 15 is 0 Å². The number of aryl methyl sites for hydroxylation is 1. The summed E-state index contributed by atoms with van der Waals surface area (Å²) in [4.78, 5) is 15.1. The number of aromatic carboxylic acids is 1. The summed E-state index contributed by atoms with van der Waals surface area (Å²) in [5.74, 6) is 0.00954. The minimum absolute atomic E-state index is 0.00235. The maximum absolute atomic E-state index is 11.0. The normalized spacial score (nSPS) is 10.4. The molecule has 0 radical (unpaired) electrons. The average molecular weight is 299 g/mol. The van der Waals surface area contributed by atoms with E-state index in [0.717, 1.165) is 30.2 Å². The van der Waals surface area contributed by atoms with E-state index in [-0.39, 0.29) is 10.6 Å². The lowest BCUT2D eigenvalue weighted by atomic mass is 10.2. The summed E-state index contributed by atoms with van der Waals surface area (Å²) in [6.07, 6.45) is 1.75. The highest BCUT2D eigenvalue weighted by Crippen LogP contribution is 2.27. The van der Waals surface area contributed by atoms with Gasteiger partial charge in [0.05, 0.1) is 10.6 Å². The molecule has 1 N–H and O–H groups in total. The summed E-state index contributed by atoms with van der Waals surface area (Å²) in [6.45, 7) is 2.04. The Labute approximate surface area is 119 Å². The lowest BCUT2D eigenvalue weighted by Gasteiger charge is -2.03. The van der Waals surface area contributed by atoms with Gasteiger partial charge in [-0.05, 0) is 24.6 Å². The van der Waals surface area contributed by atoms with Crippen LogP contribution >= 0.6 is 23.1 Å². The first-order valence-electron chi connectivity index (χ1n) is 5.63. The highest BCUT2D eigenvalue weighted by Gasteiger charge is 2.12. The first kappa shape index (κ1) is 13.8. The standard InChI is InChI=1S/C12H11ClN2O3S/c1-2-3-10-14-12(19-15-10)18-7-4-5-9(13)8(6-7)11(16)17/h4-6H,2-3H2,1H3,(H,16,17). The zero-order valence-corrected chi connectivity index (χ0v) is 11.7. The second-order valence-corrected chi connectivity index (χ2v) is 4.90. The van der Waals surface area contributed by atoms with E-state index in [0.29, 0.717) is 10.9 Å². The number of carboxylic acid groups (broad SMARTS) is 1. The van der Waals surface area contributed by atoms with E-state index in [9.17, 15) is 4.79 Å². The first-order valence-corrected chi connectivity index (χ1v) is 6.78. The quantitative estimate of drug-likeness (QED) is 0.912. The number of halogens is 1. The third-order valence-electron chi connectivity index (χ3n) is 2.30. The fraction of sp³-hybridized carbons (Fsp3) is 0.250. The van der Waals surface area contributed by atoms with Gasteiger partial charge in [-0.1, -0.05) is 18.5 Å². The van der Waals surface area contributed by atoms with E-state index in [1.807, 2.05) is 6.92 Å². The number of benzene rings is 1. The fourth-order valence-electron chi connectivity index (χ4n) is 1.44. The van der Waals surface area contributed by atoms with E-state index in [4.69, 9.17) is 21.4 Å². The van der Waals surface area contributed by atoms with Crippen molar-refractivity contribution < 1.29 is 14.6 Å². The van der Waals surface area contributed by atoms with Crippen LogP contribution in [0.4, 0.5) is 0 Å². The Bertz CT molecular complexity index is 600. The van der Waals surface area contributed by atoms with Crippen molar-refractivity contribution in [2.75, 3.05) is 0 Å². The van der Waals surface area contributed by atoms with Crippen molar-refractivity contribution in [3.63, 3.8) is 0 Å². The van der Waals surface area contributed by atoms with Gasteiger partial charge in [-0.2, -0.15) is 9.36 Å². The van der Waals surface area contributed by atoms with Crippen LogP contribution in [0.25, 0.3) is 0 Å². The smallest absolute Gasteiger partial charge is 0.337 e. The maximum atomic E-state index is 11.0. The van der Waals surface area contributed by atoms with Gasteiger partial charge in [0.2, 0.25) is 0 Å². The molecule has 0 fully saturated rings. The molecule has 0 atom stereocenters. The molecule has 2 aromatic rings. The average Bonchev–Trinajstić information content (AvgIpc) is 2.79. The van der Waals surface area contributed by atoms with Crippen LogP contribution in [0.1, 0.15) is 29.5 Å². The molecule has 0 aliphatic carbocycles. The predicted octanol–water partition coefficient (Wildman–Crippen LogP) is 3.63. The maximum Gasteiger partial charge on any atom is 0.337 e. The van der Waals surface area contributed by atoms with Crippen molar-refractivity contribution in [1.29, 1.82) is 0 Å². The van der Waals surface area contributed by atoms with E-state index in [2.05, 4.69) is 9.36 Å². The molecule has 0 aliphatic heterocycles. The monoisotopic (exact) mass is 298 g/mol. The highest BCUT2D eigenvalue weighted by molar-refractivity contribution is 7.07. The lowest BCUT2D eigenvalue weighted by molar-refractivity contribution is 0.0696. The fourth-order valence-corrected chi connectivity index (χ4v) is 2.23. The predicted molar refractivity (Wildman–Crippen MR) is 72.4 cm³/mol. The van der Waals surface area contributed by atoms with E-state index < -0.39 is 5.97 Å². The van der Waals surface area contributed by atoms with Crippen molar-refractivity contribution in [3.8, 4) is 10.9 Å². The molecule has 100 valence electrons. The minimum Gasteiger partial charge on any atom is -0.478 e. The highest BCUT2D eigenvalue weighted by atomic mass is 35.5. The molecular formula is C12H11ClN2O3S. The molecule has 1 aromatic heterocycles. The molecule has 0 amide bonds. The largest absolute Gasteiger partial charge is 0.478 e. The van der Waals surface area contributed by atoms with Crippen LogP contribution in [0, 0.1) is 0 Å². The van der Waals surface area contributed by atoms with Crippen molar-refractivity contribution in [2.24, 2.45) is 0 Å². The molecule has 0 saturated heterocycles. The van der Waals surface area contributed by atoms with Crippen LogP contribution in [0.5, 0.6) is 10.9 Å². The number of hydrogen-bond donors (Lipinski definition) is 1.